The molecule has 1 heterocycles. The first-order valence-corrected chi connectivity index (χ1v) is 14.3. The standard InChI is InChI=1S/C31H40N4O3/c1-22(32-31(37)25-17-9-12-20-28(25)38-2)30-33-26-18-10-11-19-27(26)34(30)21-29(36)35(23-13-5-3-6-14-23)24-15-7-4-8-16-24/h9-12,17-20,22-24H,3-8,13-16,21H2,1-2H3,(H,32,37). The summed E-state index contributed by atoms with van der Waals surface area (Å²) >= 11 is 0. The lowest BCUT2D eigenvalue weighted by Gasteiger charge is -2.42. The maximum absolute atomic E-state index is 14.1. The molecule has 0 spiro atoms. The number of nitrogens with one attached hydrogen (secondary N) is 1. The molecule has 0 bridgehead atoms. The van der Waals surface area contributed by atoms with Crippen LogP contribution in [0.25, 0.3) is 11.0 Å². The molecule has 7 nitrogen and oxygen atoms in total. The minimum absolute atomic E-state index is 0.177. The van der Waals surface area contributed by atoms with Crippen LogP contribution in [0.15, 0.2) is 48.5 Å². The minimum atomic E-state index is -0.398. The van der Waals surface area contributed by atoms with E-state index < -0.39 is 6.04 Å². The summed E-state index contributed by atoms with van der Waals surface area (Å²) < 4.78 is 7.41. The van der Waals surface area contributed by atoms with Gasteiger partial charge in [0, 0.05) is 12.1 Å². The van der Waals surface area contributed by atoms with Crippen LogP contribution in [-0.4, -0.2) is 45.5 Å². The van der Waals surface area contributed by atoms with Crippen LogP contribution in [0.2, 0.25) is 0 Å². The van der Waals surface area contributed by atoms with Gasteiger partial charge in [0.25, 0.3) is 5.91 Å². The highest BCUT2D eigenvalue weighted by Gasteiger charge is 2.33. The molecule has 2 fully saturated rings. The highest BCUT2D eigenvalue weighted by atomic mass is 16.5. The van der Waals surface area contributed by atoms with Crippen molar-refractivity contribution in [1.29, 1.82) is 0 Å². The minimum Gasteiger partial charge on any atom is -0.496 e. The lowest BCUT2D eigenvalue weighted by Crippen LogP contribution is -2.50. The van der Waals surface area contributed by atoms with Gasteiger partial charge in [0.2, 0.25) is 5.91 Å². The van der Waals surface area contributed by atoms with Crippen molar-refractivity contribution in [2.75, 3.05) is 7.11 Å². The van der Waals surface area contributed by atoms with Crippen molar-refractivity contribution in [3.8, 4) is 5.75 Å². The molecule has 3 aromatic rings. The highest BCUT2D eigenvalue weighted by Crippen LogP contribution is 2.31. The number of imidazole rings is 1. The van der Waals surface area contributed by atoms with E-state index in [1.165, 1.54) is 38.5 Å². The van der Waals surface area contributed by atoms with E-state index in [1.807, 2.05) is 47.9 Å². The molecule has 0 saturated heterocycles. The van der Waals surface area contributed by atoms with Crippen LogP contribution >= 0.6 is 0 Å². The number of hydrogen-bond donors (Lipinski definition) is 1. The van der Waals surface area contributed by atoms with Gasteiger partial charge in [-0.3, -0.25) is 9.59 Å². The van der Waals surface area contributed by atoms with Crippen LogP contribution in [0.3, 0.4) is 0 Å². The van der Waals surface area contributed by atoms with E-state index in [2.05, 4.69) is 10.2 Å². The lowest BCUT2D eigenvalue weighted by molar-refractivity contribution is -0.138. The average molecular weight is 517 g/mol. The molecule has 2 aliphatic rings. The SMILES string of the molecule is COc1ccccc1C(=O)NC(C)c1nc2ccccc2n1CC(=O)N(C1CCCCC1)C1CCCCC1. The average Bonchev–Trinajstić information content (AvgIpc) is 3.32. The number of methoxy groups -OCH3 is 1. The first-order chi connectivity index (χ1) is 18.6. The molecule has 1 aromatic heterocycles. The number of aromatic nitrogens is 2. The summed E-state index contributed by atoms with van der Waals surface area (Å²) in [6.07, 6.45) is 11.7. The topological polar surface area (TPSA) is 76.5 Å². The van der Waals surface area contributed by atoms with Crippen LogP contribution in [-0.2, 0) is 11.3 Å². The van der Waals surface area contributed by atoms with E-state index in [4.69, 9.17) is 9.72 Å². The molecular weight excluding hydrogens is 476 g/mol. The number of amides is 2. The molecule has 0 aliphatic heterocycles. The fourth-order valence-electron chi connectivity index (χ4n) is 6.40. The van der Waals surface area contributed by atoms with Crippen LogP contribution in [0.4, 0.5) is 0 Å². The third kappa shape index (κ3) is 5.57. The van der Waals surface area contributed by atoms with Crippen molar-refractivity contribution in [2.45, 2.75) is 95.8 Å². The second kappa shape index (κ2) is 12.0. The fraction of sp³-hybridized carbons (Fsp3) is 0.516. The number of benzene rings is 2. The number of fused-ring (bicyclic) bond motifs is 1. The summed E-state index contributed by atoms with van der Waals surface area (Å²) in [5.41, 5.74) is 2.22. The van der Waals surface area contributed by atoms with E-state index in [9.17, 15) is 9.59 Å². The van der Waals surface area contributed by atoms with Gasteiger partial charge in [0.1, 0.15) is 18.1 Å². The van der Waals surface area contributed by atoms with Crippen LogP contribution in [0.1, 0.15) is 93.4 Å². The van der Waals surface area contributed by atoms with E-state index in [0.717, 1.165) is 36.7 Å². The smallest absolute Gasteiger partial charge is 0.255 e. The van der Waals surface area contributed by atoms with Gasteiger partial charge in [0.15, 0.2) is 0 Å². The van der Waals surface area contributed by atoms with Gasteiger partial charge < -0.3 is 19.5 Å². The molecule has 7 heteroatoms. The number of para-hydroxylation sites is 3. The van der Waals surface area contributed by atoms with Crippen LogP contribution in [0.5, 0.6) is 5.75 Å². The zero-order chi connectivity index (χ0) is 26.5. The van der Waals surface area contributed by atoms with Crippen molar-refractivity contribution < 1.29 is 14.3 Å². The van der Waals surface area contributed by atoms with Gasteiger partial charge >= 0.3 is 0 Å². The van der Waals surface area contributed by atoms with E-state index in [0.29, 0.717) is 29.2 Å². The largest absolute Gasteiger partial charge is 0.496 e. The Bertz CT molecular complexity index is 1240. The highest BCUT2D eigenvalue weighted by molar-refractivity contribution is 5.97. The molecule has 0 radical (unpaired) electrons. The molecule has 2 aromatic carbocycles. The van der Waals surface area contributed by atoms with Gasteiger partial charge in [-0.05, 0) is 56.9 Å². The third-order valence-electron chi connectivity index (χ3n) is 8.29. The van der Waals surface area contributed by atoms with Gasteiger partial charge in [-0.2, -0.15) is 0 Å². The summed E-state index contributed by atoms with van der Waals surface area (Å²) in [6, 6.07) is 15.4. The number of hydrogen-bond acceptors (Lipinski definition) is 4. The van der Waals surface area contributed by atoms with Crippen molar-refractivity contribution in [3.63, 3.8) is 0 Å². The monoisotopic (exact) mass is 516 g/mol. The number of ether oxygens (including phenoxy) is 1. The molecular formula is C31H40N4O3. The maximum Gasteiger partial charge on any atom is 0.255 e. The molecule has 2 saturated carbocycles. The second-order valence-corrected chi connectivity index (χ2v) is 10.8. The first-order valence-electron chi connectivity index (χ1n) is 14.3. The van der Waals surface area contributed by atoms with Crippen molar-refractivity contribution in [3.05, 3.63) is 59.9 Å². The summed E-state index contributed by atoms with van der Waals surface area (Å²) in [5, 5.41) is 3.09. The molecule has 1 unspecified atom stereocenters. The summed E-state index contributed by atoms with van der Waals surface area (Å²) in [4.78, 5) is 34.4. The van der Waals surface area contributed by atoms with Gasteiger partial charge in [-0.25, -0.2) is 4.98 Å². The normalized spacial score (nSPS) is 17.7. The van der Waals surface area contributed by atoms with Crippen LogP contribution < -0.4 is 10.1 Å². The Labute approximate surface area is 225 Å². The van der Waals surface area contributed by atoms with E-state index in [1.54, 1.807) is 19.2 Å². The van der Waals surface area contributed by atoms with Gasteiger partial charge in [-0.15, -0.1) is 0 Å². The Morgan fingerprint density at radius 3 is 2.21 bits per heavy atom. The zero-order valence-corrected chi connectivity index (χ0v) is 22.7. The quantitative estimate of drug-likeness (QED) is 0.397. The molecule has 1 N–H and O–H groups in total. The van der Waals surface area contributed by atoms with Crippen LogP contribution in [0, 0.1) is 0 Å². The molecule has 38 heavy (non-hydrogen) atoms. The van der Waals surface area contributed by atoms with Crippen molar-refractivity contribution >= 4 is 22.8 Å². The summed E-state index contributed by atoms with van der Waals surface area (Å²) in [7, 11) is 1.56. The Kier molecular flexibility index (Phi) is 8.30. The molecule has 5 rings (SSSR count). The predicted molar refractivity (Wildman–Crippen MR) is 149 cm³/mol. The number of carbonyl (C=O) groups is 2. The van der Waals surface area contributed by atoms with Crippen molar-refractivity contribution in [1.82, 2.24) is 19.8 Å². The Balaban J connectivity index is 1.43. The Morgan fingerprint density at radius 1 is 0.947 bits per heavy atom. The molecule has 2 amide bonds. The number of rotatable bonds is 8. The molecule has 202 valence electrons. The third-order valence-corrected chi connectivity index (χ3v) is 8.29. The zero-order valence-electron chi connectivity index (χ0n) is 22.7. The summed E-state index contributed by atoms with van der Waals surface area (Å²) in [6.45, 7) is 2.16. The second-order valence-electron chi connectivity index (χ2n) is 10.8. The van der Waals surface area contributed by atoms with Crippen molar-refractivity contribution in [2.24, 2.45) is 0 Å². The molecule has 2 aliphatic carbocycles. The van der Waals surface area contributed by atoms with E-state index in [-0.39, 0.29) is 18.4 Å². The van der Waals surface area contributed by atoms with Gasteiger partial charge in [-0.1, -0.05) is 62.8 Å². The first kappa shape index (κ1) is 26.3. The number of carbonyl (C=O) groups excluding carboxylic acids is 2. The molecule has 1 atom stereocenters. The van der Waals surface area contributed by atoms with Gasteiger partial charge in [0.05, 0.1) is 29.7 Å². The number of nitrogens with zero attached hydrogens (tertiary/aromatic N) is 3. The Morgan fingerprint density at radius 2 is 1.55 bits per heavy atom. The Hall–Kier alpha value is -3.35. The lowest BCUT2D eigenvalue weighted by atomic mass is 9.88. The summed E-state index contributed by atoms with van der Waals surface area (Å²) in [5.74, 6) is 1.16. The van der Waals surface area contributed by atoms with E-state index >= 15 is 0 Å². The predicted octanol–water partition coefficient (Wildman–Crippen LogP) is 6.03. The maximum atomic E-state index is 14.1. The fourth-order valence-corrected chi connectivity index (χ4v) is 6.40.